The summed E-state index contributed by atoms with van der Waals surface area (Å²) in [6.07, 6.45) is 0.173. The number of anilines is 1. The molecule has 0 bridgehead atoms. The molecule has 0 unspecified atom stereocenters. The molecule has 0 saturated heterocycles. The molecule has 242 valence electrons. The van der Waals surface area contributed by atoms with Gasteiger partial charge in [-0.1, -0.05) is 101 Å². The Morgan fingerprint density at radius 1 is 0.783 bits per heavy atom. The standard InChI is InChI=1S/C35H36Cl3N3O4S/c1-24-14-17-27(18-15-24)46(44,45)41(31-13-9-8-12-29(31)37)23-33(42)40(22-26-16-19-28(36)30(38)20-26)32(34(43)39-35(2,3)4)21-25-10-6-5-7-11-25/h5-20,32H,21-23H2,1-4H3,(H,39,43)/t32-/m1/s1. The third-order valence-electron chi connectivity index (χ3n) is 7.12. The van der Waals surface area contributed by atoms with E-state index in [1.807, 2.05) is 58.0 Å². The molecule has 0 fully saturated rings. The molecule has 46 heavy (non-hydrogen) atoms. The lowest BCUT2D eigenvalue weighted by atomic mass is 10.0. The lowest BCUT2D eigenvalue weighted by molar-refractivity contribution is -0.140. The number of amides is 2. The fraction of sp³-hybridized carbons (Fsp3) is 0.257. The number of nitrogens with one attached hydrogen (secondary N) is 1. The average molecular weight is 701 g/mol. The van der Waals surface area contributed by atoms with E-state index in [0.29, 0.717) is 10.6 Å². The summed E-state index contributed by atoms with van der Waals surface area (Å²) in [7, 11) is -4.28. The maximum Gasteiger partial charge on any atom is 0.264 e. The Balaban J connectivity index is 1.84. The monoisotopic (exact) mass is 699 g/mol. The molecule has 0 saturated carbocycles. The first kappa shape index (κ1) is 35.3. The SMILES string of the molecule is Cc1ccc(S(=O)(=O)N(CC(=O)N(Cc2ccc(Cl)c(Cl)c2)[C@H](Cc2ccccc2)C(=O)NC(C)(C)C)c2ccccc2Cl)cc1. The molecule has 4 rings (SSSR count). The second-order valence-electron chi connectivity index (χ2n) is 12.0. The number of para-hydroxylation sites is 1. The van der Waals surface area contributed by atoms with Crippen LogP contribution >= 0.6 is 34.8 Å². The Bertz CT molecular complexity index is 1790. The van der Waals surface area contributed by atoms with Crippen molar-refractivity contribution in [2.75, 3.05) is 10.8 Å². The van der Waals surface area contributed by atoms with Gasteiger partial charge < -0.3 is 10.2 Å². The van der Waals surface area contributed by atoms with Crippen molar-refractivity contribution >= 4 is 62.3 Å². The van der Waals surface area contributed by atoms with Gasteiger partial charge in [0, 0.05) is 18.5 Å². The second-order valence-corrected chi connectivity index (χ2v) is 15.1. The summed E-state index contributed by atoms with van der Waals surface area (Å²) < 4.78 is 29.3. The summed E-state index contributed by atoms with van der Waals surface area (Å²) >= 11 is 19.1. The number of benzene rings is 4. The number of nitrogens with zero attached hydrogens (tertiary/aromatic N) is 2. The van der Waals surface area contributed by atoms with Gasteiger partial charge in [0.25, 0.3) is 10.0 Å². The van der Waals surface area contributed by atoms with Gasteiger partial charge in [0.1, 0.15) is 12.6 Å². The van der Waals surface area contributed by atoms with Crippen molar-refractivity contribution in [2.24, 2.45) is 0 Å². The predicted octanol–water partition coefficient (Wildman–Crippen LogP) is 7.71. The van der Waals surface area contributed by atoms with Crippen LogP contribution in [-0.4, -0.2) is 43.3 Å². The Kier molecular flexibility index (Phi) is 11.4. The minimum atomic E-state index is -4.28. The van der Waals surface area contributed by atoms with E-state index in [1.54, 1.807) is 54.6 Å². The van der Waals surface area contributed by atoms with E-state index < -0.39 is 40.0 Å². The molecule has 0 radical (unpaired) electrons. The zero-order chi connectivity index (χ0) is 33.6. The Morgan fingerprint density at radius 3 is 2.02 bits per heavy atom. The number of rotatable bonds is 11. The summed E-state index contributed by atoms with van der Waals surface area (Å²) in [5, 5.41) is 3.77. The van der Waals surface area contributed by atoms with Crippen LogP contribution in [0.25, 0.3) is 0 Å². The third-order valence-corrected chi connectivity index (χ3v) is 9.95. The number of aryl methyl sites for hydroxylation is 1. The molecule has 0 aromatic heterocycles. The predicted molar refractivity (Wildman–Crippen MR) is 186 cm³/mol. The maximum atomic E-state index is 14.6. The van der Waals surface area contributed by atoms with E-state index in [9.17, 15) is 18.0 Å². The van der Waals surface area contributed by atoms with Crippen LogP contribution in [0.2, 0.25) is 15.1 Å². The summed E-state index contributed by atoms with van der Waals surface area (Å²) in [4.78, 5) is 29.9. The minimum absolute atomic E-state index is 0.00633. The van der Waals surface area contributed by atoms with Crippen molar-refractivity contribution in [1.82, 2.24) is 10.2 Å². The van der Waals surface area contributed by atoms with E-state index in [1.165, 1.54) is 17.0 Å². The summed E-state index contributed by atoms with van der Waals surface area (Å²) in [6, 6.07) is 26.0. The Morgan fingerprint density at radius 2 is 1.41 bits per heavy atom. The van der Waals surface area contributed by atoms with Gasteiger partial charge in [-0.2, -0.15) is 0 Å². The molecule has 0 heterocycles. The highest BCUT2D eigenvalue weighted by molar-refractivity contribution is 7.92. The molecule has 0 aliphatic heterocycles. The number of carbonyl (C=O) groups excluding carboxylic acids is 2. The third kappa shape index (κ3) is 9.04. The molecule has 0 spiro atoms. The van der Waals surface area contributed by atoms with Gasteiger partial charge in [0.15, 0.2) is 0 Å². The quantitative estimate of drug-likeness (QED) is 0.174. The summed E-state index contributed by atoms with van der Waals surface area (Å²) in [5.41, 5.74) is 1.82. The Hall–Kier alpha value is -3.56. The lowest BCUT2D eigenvalue weighted by Gasteiger charge is -2.35. The van der Waals surface area contributed by atoms with Crippen LogP contribution in [0.1, 0.15) is 37.5 Å². The van der Waals surface area contributed by atoms with Crippen molar-refractivity contribution in [1.29, 1.82) is 0 Å². The molecular formula is C35H36Cl3N3O4S. The van der Waals surface area contributed by atoms with E-state index in [2.05, 4.69) is 5.32 Å². The summed E-state index contributed by atoms with van der Waals surface area (Å²) in [5.74, 6) is -1.01. The van der Waals surface area contributed by atoms with Crippen molar-refractivity contribution < 1.29 is 18.0 Å². The van der Waals surface area contributed by atoms with Gasteiger partial charge in [0.2, 0.25) is 11.8 Å². The number of sulfonamides is 1. The van der Waals surface area contributed by atoms with Crippen molar-refractivity contribution in [3.8, 4) is 0 Å². The Labute approximate surface area is 286 Å². The molecule has 0 aliphatic rings. The highest BCUT2D eigenvalue weighted by Crippen LogP contribution is 2.31. The highest BCUT2D eigenvalue weighted by atomic mass is 35.5. The topological polar surface area (TPSA) is 86.8 Å². The van der Waals surface area contributed by atoms with Gasteiger partial charge in [-0.3, -0.25) is 13.9 Å². The van der Waals surface area contributed by atoms with E-state index in [4.69, 9.17) is 34.8 Å². The summed E-state index contributed by atoms with van der Waals surface area (Å²) in [6.45, 7) is 6.72. The molecule has 2 amide bonds. The van der Waals surface area contributed by atoms with E-state index in [-0.39, 0.29) is 33.6 Å². The first-order chi connectivity index (χ1) is 21.7. The molecule has 1 atom stereocenters. The van der Waals surface area contributed by atoms with Gasteiger partial charge in [-0.05, 0) is 75.2 Å². The molecule has 4 aromatic rings. The number of halogens is 3. The minimum Gasteiger partial charge on any atom is -0.350 e. The van der Waals surface area contributed by atoms with Crippen LogP contribution in [0.4, 0.5) is 5.69 Å². The molecule has 0 aliphatic carbocycles. The molecule has 1 N–H and O–H groups in total. The highest BCUT2D eigenvalue weighted by Gasteiger charge is 2.36. The van der Waals surface area contributed by atoms with Gasteiger partial charge in [-0.25, -0.2) is 8.42 Å². The van der Waals surface area contributed by atoms with Crippen LogP contribution in [0.5, 0.6) is 0 Å². The first-order valence-electron chi connectivity index (χ1n) is 14.6. The van der Waals surface area contributed by atoms with E-state index in [0.717, 1.165) is 15.4 Å². The zero-order valence-corrected chi connectivity index (χ0v) is 29.1. The van der Waals surface area contributed by atoms with Crippen molar-refractivity contribution in [3.05, 3.63) is 129 Å². The smallest absolute Gasteiger partial charge is 0.264 e. The first-order valence-corrected chi connectivity index (χ1v) is 17.2. The number of hydrogen-bond donors (Lipinski definition) is 1. The second kappa shape index (κ2) is 14.9. The fourth-order valence-corrected chi connectivity index (χ4v) is 6.89. The van der Waals surface area contributed by atoms with Crippen LogP contribution in [0.15, 0.2) is 102 Å². The lowest BCUT2D eigenvalue weighted by Crippen LogP contribution is -2.56. The average Bonchev–Trinajstić information content (AvgIpc) is 2.99. The van der Waals surface area contributed by atoms with Gasteiger partial charge in [-0.15, -0.1) is 0 Å². The molecule has 11 heteroatoms. The van der Waals surface area contributed by atoms with E-state index >= 15 is 0 Å². The molecular weight excluding hydrogens is 665 g/mol. The normalized spacial score (nSPS) is 12.3. The van der Waals surface area contributed by atoms with Gasteiger partial charge in [0.05, 0.1) is 25.7 Å². The molecule has 4 aromatic carbocycles. The van der Waals surface area contributed by atoms with Crippen molar-refractivity contribution in [2.45, 2.75) is 57.1 Å². The van der Waals surface area contributed by atoms with Gasteiger partial charge >= 0.3 is 0 Å². The maximum absolute atomic E-state index is 14.6. The fourth-order valence-electron chi connectivity index (χ4n) is 4.85. The largest absolute Gasteiger partial charge is 0.350 e. The van der Waals surface area contributed by atoms with Crippen LogP contribution in [0.3, 0.4) is 0 Å². The number of hydrogen-bond acceptors (Lipinski definition) is 4. The number of carbonyl (C=O) groups is 2. The molecule has 7 nitrogen and oxygen atoms in total. The zero-order valence-electron chi connectivity index (χ0n) is 26.0. The van der Waals surface area contributed by atoms with Crippen LogP contribution < -0.4 is 9.62 Å². The van der Waals surface area contributed by atoms with Crippen LogP contribution in [0, 0.1) is 6.92 Å². The van der Waals surface area contributed by atoms with Crippen molar-refractivity contribution in [3.63, 3.8) is 0 Å². The van der Waals surface area contributed by atoms with Crippen LogP contribution in [-0.2, 0) is 32.6 Å².